The smallest absolute Gasteiger partial charge is 0.328 e. The molecule has 0 radical (unpaired) electrons. The molecule has 1 atom stereocenters. The number of nitrogens with one attached hydrogen (secondary N) is 2. The van der Waals surface area contributed by atoms with E-state index in [0.29, 0.717) is 19.6 Å². The van der Waals surface area contributed by atoms with Crippen LogP contribution in [0.2, 0.25) is 0 Å². The summed E-state index contributed by atoms with van der Waals surface area (Å²) in [4.78, 5) is 34.3. The third-order valence-electron chi connectivity index (χ3n) is 3.44. The van der Waals surface area contributed by atoms with Crippen LogP contribution in [0.25, 0.3) is 0 Å². The van der Waals surface area contributed by atoms with Crippen LogP contribution >= 0.6 is 0 Å². The maximum absolute atomic E-state index is 11.6. The van der Waals surface area contributed by atoms with Crippen LogP contribution in [0.1, 0.15) is 58.3 Å². The predicted octanol–water partition coefficient (Wildman–Crippen LogP) is 1.28. The zero-order valence-electron chi connectivity index (χ0n) is 12.8. The Bertz CT molecular complexity index is 358. The highest BCUT2D eigenvalue weighted by Gasteiger charge is 2.28. The van der Waals surface area contributed by atoms with Gasteiger partial charge in [-0.3, -0.25) is 9.59 Å². The summed E-state index contributed by atoms with van der Waals surface area (Å²) in [7, 11) is 0. The van der Waals surface area contributed by atoms with Gasteiger partial charge in [-0.25, -0.2) is 4.79 Å². The Balaban J connectivity index is 2.02. The Labute approximate surface area is 126 Å². The summed E-state index contributed by atoms with van der Waals surface area (Å²) in [6.07, 6.45) is 7.19. The molecule has 0 bridgehead atoms. The number of amides is 2. The normalized spacial score (nSPS) is 17.4. The quantitative estimate of drug-likeness (QED) is 0.361. The minimum atomic E-state index is -0.594. The van der Waals surface area contributed by atoms with E-state index in [-0.39, 0.29) is 12.3 Å². The SMILES string of the molecule is CCCCCCCCNC(=O)CC(=O)N[C@H]1CCOC1=O. The molecule has 6 nitrogen and oxygen atoms in total. The van der Waals surface area contributed by atoms with Crippen molar-refractivity contribution < 1.29 is 19.1 Å². The van der Waals surface area contributed by atoms with Crippen molar-refractivity contribution in [3.05, 3.63) is 0 Å². The number of hydrogen-bond acceptors (Lipinski definition) is 4. The molecule has 0 aromatic rings. The van der Waals surface area contributed by atoms with Gasteiger partial charge in [0, 0.05) is 13.0 Å². The van der Waals surface area contributed by atoms with E-state index < -0.39 is 17.9 Å². The molecule has 0 aliphatic carbocycles. The van der Waals surface area contributed by atoms with E-state index in [0.717, 1.165) is 12.8 Å². The molecule has 2 amide bonds. The van der Waals surface area contributed by atoms with Crippen LogP contribution in [-0.2, 0) is 19.1 Å². The summed E-state index contributed by atoms with van der Waals surface area (Å²) in [5.74, 6) is -1.15. The lowest BCUT2D eigenvalue weighted by Gasteiger charge is -2.09. The molecule has 1 heterocycles. The van der Waals surface area contributed by atoms with Gasteiger partial charge in [-0.05, 0) is 6.42 Å². The zero-order valence-corrected chi connectivity index (χ0v) is 12.8. The largest absolute Gasteiger partial charge is 0.464 e. The number of carbonyl (C=O) groups excluding carboxylic acids is 3. The summed E-state index contributed by atoms with van der Waals surface area (Å²) in [6, 6.07) is -0.594. The third kappa shape index (κ3) is 7.68. The summed E-state index contributed by atoms with van der Waals surface area (Å²) >= 11 is 0. The number of ether oxygens (including phenoxy) is 1. The van der Waals surface area contributed by atoms with Crippen LogP contribution in [0.15, 0.2) is 0 Å². The van der Waals surface area contributed by atoms with Gasteiger partial charge in [0.2, 0.25) is 11.8 Å². The molecule has 2 N–H and O–H groups in total. The van der Waals surface area contributed by atoms with Gasteiger partial charge in [-0.2, -0.15) is 0 Å². The van der Waals surface area contributed by atoms with E-state index in [1.165, 1.54) is 25.7 Å². The molecular formula is C15H26N2O4. The van der Waals surface area contributed by atoms with Gasteiger partial charge in [-0.1, -0.05) is 39.0 Å². The fourth-order valence-corrected chi connectivity index (χ4v) is 2.21. The van der Waals surface area contributed by atoms with Crippen molar-refractivity contribution in [3.63, 3.8) is 0 Å². The molecule has 0 aromatic heterocycles. The second-order valence-electron chi connectivity index (χ2n) is 5.37. The van der Waals surface area contributed by atoms with Gasteiger partial charge in [0.05, 0.1) is 6.61 Å². The van der Waals surface area contributed by atoms with Crippen LogP contribution in [-0.4, -0.2) is 37.0 Å². The number of hydrogen-bond donors (Lipinski definition) is 2. The first-order valence-corrected chi connectivity index (χ1v) is 7.86. The van der Waals surface area contributed by atoms with Crippen LogP contribution in [0.4, 0.5) is 0 Å². The van der Waals surface area contributed by atoms with Crippen molar-refractivity contribution in [1.29, 1.82) is 0 Å². The van der Waals surface area contributed by atoms with Crippen molar-refractivity contribution in [2.24, 2.45) is 0 Å². The van der Waals surface area contributed by atoms with Crippen LogP contribution in [0.5, 0.6) is 0 Å². The lowest BCUT2D eigenvalue weighted by molar-refractivity contribution is -0.142. The Hall–Kier alpha value is -1.59. The monoisotopic (exact) mass is 298 g/mol. The number of unbranched alkanes of at least 4 members (excludes halogenated alkanes) is 5. The second-order valence-corrected chi connectivity index (χ2v) is 5.37. The van der Waals surface area contributed by atoms with E-state index in [1.54, 1.807) is 0 Å². The molecule has 0 unspecified atom stereocenters. The Kier molecular flexibility index (Phi) is 8.47. The Morgan fingerprint density at radius 1 is 1.14 bits per heavy atom. The topological polar surface area (TPSA) is 84.5 Å². The van der Waals surface area contributed by atoms with Gasteiger partial charge in [0.1, 0.15) is 12.5 Å². The zero-order chi connectivity index (χ0) is 15.5. The predicted molar refractivity (Wildman–Crippen MR) is 78.5 cm³/mol. The van der Waals surface area contributed by atoms with Gasteiger partial charge in [-0.15, -0.1) is 0 Å². The third-order valence-corrected chi connectivity index (χ3v) is 3.44. The molecule has 0 spiro atoms. The molecule has 1 aliphatic heterocycles. The van der Waals surface area contributed by atoms with E-state index in [2.05, 4.69) is 17.6 Å². The van der Waals surface area contributed by atoms with Crippen LogP contribution < -0.4 is 10.6 Å². The molecule has 0 aromatic carbocycles. The van der Waals surface area contributed by atoms with Crippen molar-refractivity contribution in [1.82, 2.24) is 10.6 Å². The number of rotatable bonds is 10. The van der Waals surface area contributed by atoms with Crippen molar-refractivity contribution in [3.8, 4) is 0 Å². The molecule has 21 heavy (non-hydrogen) atoms. The summed E-state index contributed by atoms with van der Waals surface area (Å²) in [5, 5.41) is 5.23. The summed E-state index contributed by atoms with van der Waals surface area (Å²) in [5.41, 5.74) is 0. The molecule has 1 fully saturated rings. The maximum atomic E-state index is 11.6. The highest BCUT2D eigenvalue weighted by molar-refractivity contribution is 5.98. The molecular weight excluding hydrogens is 272 g/mol. The van der Waals surface area contributed by atoms with E-state index in [1.807, 2.05) is 0 Å². The molecule has 0 saturated carbocycles. The second kappa shape index (κ2) is 10.2. The van der Waals surface area contributed by atoms with Gasteiger partial charge in [0.15, 0.2) is 0 Å². The van der Waals surface area contributed by atoms with E-state index in [4.69, 9.17) is 4.74 Å². The molecule has 120 valence electrons. The number of cyclic esters (lactones) is 1. The molecule has 1 rings (SSSR count). The average molecular weight is 298 g/mol. The first kappa shape index (κ1) is 17.5. The van der Waals surface area contributed by atoms with Gasteiger partial charge in [0.25, 0.3) is 0 Å². The molecule has 1 saturated heterocycles. The van der Waals surface area contributed by atoms with Crippen molar-refractivity contribution >= 4 is 17.8 Å². The molecule has 1 aliphatic rings. The van der Waals surface area contributed by atoms with Crippen molar-refractivity contribution in [2.75, 3.05) is 13.2 Å². The fraction of sp³-hybridized carbons (Fsp3) is 0.800. The number of esters is 1. The van der Waals surface area contributed by atoms with Crippen LogP contribution in [0, 0.1) is 0 Å². The standard InChI is InChI=1S/C15H26N2O4/c1-2-3-4-5-6-7-9-16-13(18)11-14(19)17-12-8-10-21-15(12)20/h12H,2-11H2,1H3,(H,16,18)(H,17,19)/t12-/m0/s1. The Morgan fingerprint density at radius 2 is 1.86 bits per heavy atom. The average Bonchev–Trinajstić information content (AvgIpc) is 2.83. The number of carbonyl (C=O) groups is 3. The maximum Gasteiger partial charge on any atom is 0.328 e. The Morgan fingerprint density at radius 3 is 2.52 bits per heavy atom. The highest BCUT2D eigenvalue weighted by atomic mass is 16.5. The fourth-order valence-electron chi connectivity index (χ4n) is 2.21. The lowest BCUT2D eigenvalue weighted by atomic mass is 10.1. The first-order valence-electron chi connectivity index (χ1n) is 7.86. The summed E-state index contributed by atoms with van der Waals surface area (Å²) < 4.78 is 4.74. The summed E-state index contributed by atoms with van der Waals surface area (Å²) in [6.45, 7) is 3.11. The first-order chi connectivity index (χ1) is 10.1. The minimum Gasteiger partial charge on any atom is -0.464 e. The highest BCUT2D eigenvalue weighted by Crippen LogP contribution is 2.06. The van der Waals surface area contributed by atoms with Crippen LogP contribution in [0.3, 0.4) is 0 Å². The van der Waals surface area contributed by atoms with E-state index in [9.17, 15) is 14.4 Å². The lowest BCUT2D eigenvalue weighted by Crippen LogP contribution is -2.40. The van der Waals surface area contributed by atoms with E-state index >= 15 is 0 Å². The van der Waals surface area contributed by atoms with Gasteiger partial charge >= 0.3 is 5.97 Å². The van der Waals surface area contributed by atoms with Crippen molar-refractivity contribution in [2.45, 2.75) is 64.3 Å². The minimum absolute atomic E-state index is 0.236. The van der Waals surface area contributed by atoms with Gasteiger partial charge < -0.3 is 15.4 Å². The molecule has 6 heteroatoms.